The van der Waals surface area contributed by atoms with Crippen molar-refractivity contribution in [2.24, 2.45) is 0 Å². The quantitative estimate of drug-likeness (QED) is 0.786. The molecule has 1 aromatic heterocycles. The average Bonchev–Trinajstić information content (AvgIpc) is 2.48. The van der Waals surface area contributed by atoms with Gasteiger partial charge in [-0.1, -0.05) is 30.7 Å². The van der Waals surface area contributed by atoms with Crippen molar-refractivity contribution in [1.82, 2.24) is 10.3 Å². The monoisotopic (exact) mass is 286 g/mol. The lowest BCUT2D eigenvalue weighted by molar-refractivity contribution is 0.572. The van der Waals surface area contributed by atoms with Gasteiger partial charge >= 0.3 is 0 Å². The minimum Gasteiger partial charge on any atom is -0.313 e. The van der Waals surface area contributed by atoms with Crippen molar-refractivity contribution < 1.29 is 0 Å². The largest absolute Gasteiger partial charge is 0.313 e. The molecule has 1 heterocycles. The molecule has 20 heavy (non-hydrogen) atoms. The molecule has 2 rings (SSSR count). The molecule has 0 radical (unpaired) electrons. The Bertz CT molecular complexity index is 496. The Labute approximate surface area is 126 Å². The van der Waals surface area contributed by atoms with Gasteiger partial charge in [-0.3, -0.25) is 4.98 Å². The molecule has 2 nitrogen and oxygen atoms in total. The Kier molecular flexibility index (Phi) is 6.09. The molecule has 0 fully saturated rings. The second-order valence-corrected chi connectivity index (χ2v) is 6.04. The zero-order valence-corrected chi connectivity index (χ0v) is 13.0. The molecule has 0 saturated heterocycles. The zero-order valence-electron chi connectivity index (χ0n) is 12.2. The van der Waals surface area contributed by atoms with Crippen LogP contribution in [-0.2, 0) is 6.42 Å². The molecule has 0 aliphatic rings. The molecule has 0 bridgehead atoms. The SMILES string of the molecule is CCNC(CSc1ccc(C)cc1)Cc1cccnc1. The maximum absolute atomic E-state index is 4.19. The molecule has 1 atom stereocenters. The van der Waals surface area contributed by atoms with Crippen LogP contribution in [0.3, 0.4) is 0 Å². The number of aryl methyl sites for hydroxylation is 1. The Morgan fingerprint density at radius 2 is 2.00 bits per heavy atom. The lowest BCUT2D eigenvalue weighted by atomic mass is 10.1. The molecule has 2 aromatic rings. The number of likely N-dealkylation sites (N-methyl/N-ethyl adjacent to an activating group) is 1. The Morgan fingerprint density at radius 1 is 1.20 bits per heavy atom. The van der Waals surface area contributed by atoms with Crippen LogP contribution < -0.4 is 5.32 Å². The van der Waals surface area contributed by atoms with E-state index in [1.807, 2.05) is 30.2 Å². The van der Waals surface area contributed by atoms with Crippen LogP contribution in [0.2, 0.25) is 0 Å². The number of nitrogens with zero attached hydrogens (tertiary/aromatic N) is 1. The normalized spacial score (nSPS) is 12.3. The summed E-state index contributed by atoms with van der Waals surface area (Å²) in [6.45, 7) is 5.28. The van der Waals surface area contributed by atoms with Crippen molar-refractivity contribution in [1.29, 1.82) is 0 Å². The average molecular weight is 286 g/mol. The summed E-state index contributed by atoms with van der Waals surface area (Å²) in [5.41, 5.74) is 2.61. The number of nitrogens with one attached hydrogen (secondary N) is 1. The lowest BCUT2D eigenvalue weighted by Gasteiger charge is -2.17. The highest BCUT2D eigenvalue weighted by atomic mass is 32.2. The van der Waals surface area contributed by atoms with E-state index < -0.39 is 0 Å². The van der Waals surface area contributed by atoms with Gasteiger partial charge in [0, 0.05) is 29.1 Å². The fraction of sp³-hybridized carbons (Fsp3) is 0.353. The van der Waals surface area contributed by atoms with Crippen molar-refractivity contribution in [3.05, 3.63) is 59.9 Å². The molecular formula is C17H22N2S. The summed E-state index contributed by atoms with van der Waals surface area (Å²) in [7, 11) is 0. The highest BCUT2D eigenvalue weighted by molar-refractivity contribution is 7.99. The Hall–Kier alpha value is -1.32. The molecule has 106 valence electrons. The number of thioether (sulfide) groups is 1. The van der Waals surface area contributed by atoms with Gasteiger partial charge in [0.2, 0.25) is 0 Å². The summed E-state index contributed by atoms with van der Waals surface area (Å²) in [6, 6.07) is 13.4. The minimum atomic E-state index is 0.482. The zero-order chi connectivity index (χ0) is 14.2. The first-order valence-corrected chi connectivity index (χ1v) is 8.08. The minimum absolute atomic E-state index is 0.482. The first-order valence-electron chi connectivity index (χ1n) is 7.09. The van der Waals surface area contributed by atoms with Crippen LogP contribution in [0.1, 0.15) is 18.1 Å². The van der Waals surface area contributed by atoms with Gasteiger partial charge in [0.25, 0.3) is 0 Å². The van der Waals surface area contributed by atoms with Crippen LogP contribution in [0.5, 0.6) is 0 Å². The molecule has 0 amide bonds. The predicted octanol–water partition coefficient (Wildman–Crippen LogP) is 3.70. The first-order chi connectivity index (χ1) is 9.78. The van der Waals surface area contributed by atoms with Gasteiger partial charge in [0.05, 0.1) is 0 Å². The van der Waals surface area contributed by atoms with Crippen molar-refractivity contribution >= 4 is 11.8 Å². The van der Waals surface area contributed by atoms with Gasteiger partial charge in [-0.2, -0.15) is 0 Å². The second kappa shape index (κ2) is 8.08. The Balaban J connectivity index is 1.90. The summed E-state index contributed by atoms with van der Waals surface area (Å²) in [6.07, 6.45) is 4.81. The summed E-state index contributed by atoms with van der Waals surface area (Å²) in [5, 5.41) is 3.56. The number of hydrogen-bond acceptors (Lipinski definition) is 3. The molecule has 0 aliphatic heterocycles. The predicted molar refractivity (Wildman–Crippen MR) is 87.3 cm³/mol. The summed E-state index contributed by atoms with van der Waals surface area (Å²) in [4.78, 5) is 5.53. The summed E-state index contributed by atoms with van der Waals surface area (Å²) >= 11 is 1.91. The van der Waals surface area contributed by atoms with E-state index in [4.69, 9.17) is 0 Å². The standard InChI is InChI=1S/C17H22N2S/c1-3-19-16(11-15-5-4-10-18-12-15)13-20-17-8-6-14(2)7-9-17/h4-10,12,16,19H,3,11,13H2,1-2H3. The van der Waals surface area contributed by atoms with Crippen LogP contribution in [0.15, 0.2) is 53.7 Å². The van der Waals surface area contributed by atoms with Crippen LogP contribution in [0, 0.1) is 6.92 Å². The van der Waals surface area contributed by atoms with E-state index in [0.717, 1.165) is 18.7 Å². The molecule has 1 unspecified atom stereocenters. The van der Waals surface area contributed by atoms with Gasteiger partial charge in [-0.15, -0.1) is 11.8 Å². The van der Waals surface area contributed by atoms with Crippen LogP contribution in [0.4, 0.5) is 0 Å². The van der Waals surface area contributed by atoms with Crippen LogP contribution >= 0.6 is 11.8 Å². The number of hydrogen-bond donors (Lipinski definition) is 1. The number of benzene rings is 1. The lowest BCUT2D eigenvalue weighted by Crippen LogP contribution is -2.33. The molecule has 0 aliphatic carbocycles. The first kappa shape index (κ1) is 15.1. The van der Waals surface area contributed by atoms with E-state index in [-0.39, 0.29) is 0 Å². The van der Waals surface area contributed by atoms with E-state index in [1.54, 1.807) is 0 Å². The highest BCUT2D eigenvalue weighted by Crippen LogP contribution is 2.20. The topological polar surface area (TPSA) is 24.9 Å². The van der Waals surface area contributed by atoms with Crippen molar-refractivity contribution in [3.63, 3.8) is 0 Å². The van der Waals surface area contributed by atoms with E-state index in [1.165, 1.54) is 16.0 Å². The van der Waals surface area contributed by atoms with Gasteiger partial charge in [-0.25, -0.2) is 0 Å². The molecule has 3 heteroatoms. The molecule has 1 N–H and O–H groups in total. The van der Waals surface area contributed by atoms with Gasteiger partial charge < -0.3 is 5.32 Å². The third-order valence-electron chi connectivity index (χ3n) is 3.17. The number of aromatic nitrogens is 1. The van der Waals surface area contributed by atoms with E-state index >= 15 is 0 Å². The molecule has 0 saturated carbocycles. The maximum Gasteiger partial charge on any atom is 0.0300 e. The van der Waals surface area contributed by atoms with Gasteiger partial charge in [0.1, 0.15) is 0 Å². The highest BCUT2D eigenvalue weighted by Gasteiger charge is 2.09. The van der Waals surface area contributed by atoms with Gasteiger partial charge in [-0.05, 0) is 43.7 Å². The fourth-order valence-corrected chi connectivity index (χ4v) is 3.07. The number of pyridine rings is 1. The summed E-state index contributed by atoms with van der Waals surface area (Å²) < 4.78 is 0. The molecule has 0 spiro atoms. The third-order valence-corrected chi connectivity index (χ3v) is 4.34. The smallest absolute Gasteiger partial charge is 0.0300 e. The Morgan fingerprint density at radius 3 is 2.65 bits per heavy atom. The van der Waals surface area contributed by atoms with Crippen LogP contribution in [0.25, 0.3) is 0 Å². The fourth-order valence-electron chi connectivity index (χ4n) is 2.11. The second-order valence-electron chi connectivity index (χ2n) is 4.94. The molecular weight excluding hydrogens is 264 g/mol. The van der Waals surface area contributed by atoms with Crippen molar-refractivity contribution in [2.75, 3.05) is 12.3 Å². The van der Waals surface area contributed by atoms with Crippen molar-refractivity contribution in [3.8, 4) is 0 Å². The van der Waals surface area contributed by atoms with Gasteiger partial charge in [0.15, 0.2) is 0 Å². The van der Waals surface area contributed by atoms with E-state index in [9.17, 15) is 0 Å². The third kappa shape index (κ3) is 4.99. The molecule has 1 aromatic carbocycles. The summed E-state index contributed by atoms with van der Waals surface area (Å²) in [5.74, 6) is 1.08. The van der Waals surface area contributed by atoms with E-state index in [0.29, 0.717) is 6.04 Å². The van der Waals surface area contributed by atoms with Crippen LogP contribution in [-0.4, -0.2) is 23.3 Å². The number of rotatable bonds is 7. The maximum atomic E-state index is 4.19. The van der Waals surface area contributed by atoms with Crippen molar-refractivity contribution in [2.45, 2.75) is 31.2 Å². The van der Waals surface area contributed by atoms with E-state index in [2.05, 4.69) is 54.5 Å².